The number of hydrogen-bond donors (Lipinski definition) is 1. The lowest BCUT2D eigenvalue weighted by atomic mass is 10.1. The van der Waals surface area contributed by atoms with Crippen LogP contribution in [0.4, 0.5) is 5.69 Å². The van der Waals surface area contributed by atoms with Crippen LogP contribution in [-0.4, -0.2) is 44.8 Å². The van der Waals surface area contributed by atoms with Crippen molar-refractivity contribution >= 4 is 27.5 Å². The summed E-state index contributed by atoms with van der Waals surface area (Å²) in [6, 6.07) is 18.9. The van der Waals surface area contributed by atoms with E-state index in [4.69, 9.17) is 0 Å². The highest BCUT2D eigenvalue weighted by molar-refractivity contribution is 7.92. The fourth-order valence-electron chi connectivity index (χ4n) is 4.10. The molecule has 0 aliphatic carbocycles. The van der Waals surface area contributed by atoms with E-state index in [1.807, 2.05) is 64.1 Å². The average molecular weight is 522 g/mol. The molecule has 0 aliphatic rings. The molecule has 2 amide bonds. The van der Waals surface area contributed by atoms with Gasteiger partial charge in [-0.2, -0.15) is 0 Å². The Balaban J connectivity index is 2.09. The summed E-state index contributed by atoms with van der Waals surface area (Å²) in [6.45, 7) is 8.87. The molecule has 0 unspecified atom stereocenters. The third-order valence-corrected chi connectivity index (χ3v) is 8.31. The van der Waals surface area contributed by atoms with Crippen molar-refractivity contribution in [1.82, 2.24) is 10.2 Å². The second-order valence-corrected chi connectivity index (χ2v) is 11.2. The maximum Gasteiger partial charge on any atom is 0.264 e. The first kappa shape index (κ1) is 27.9. The molecule has 196 valence electrons. The molecular formula is C29H35N3O4S. The van der Waals surface area contributed by atoms with Gasteiger partial charge in [-0.05, 0) is 75.1 Å². The predicted octanol–water partition coefficient (Wildman–Crippen LogP) is 4.28. The molecule has 3 aromatic rings. The third kappa shape index (κ3) is 6.38. The van der Waals surface area contributed by atoms with Gasteiger partial charge in [0.2, 0.25) is 11.8 Å². The van der Waals surface area contributed by atoms with Crippen molar-refractivity contribution in [2.24, 2.45) is 0 Å². The number of aryl methyl sites for hydroxylation is 4. The SMILES string of the molecule is CNC(=O)[C@H](C)N(Cc1ccccc1C)C(=O)CN(c1cc(C)ccc1C)S(=O)(=O)c1ccc(C)cc1. The van der Waals surface area contributed by atoms with Gasteiger partial charge in [0.1, 0.15) is 12.6 Å². The van der Waals surface area contributed by atoms with E-state index in [1.165, 1.54) is 11.9 Å². The number of sulfonamides is 1. The van der Waals surface area contributed by atoms with Crippen molar-refractivity contribution < 1.29 is 18.0 Å². The maximum atomic E-state index is 13.9. The minimum Gasteiger partial charge on any atom is -0.357 e. The summed E-state index contributed by atoms with van der Waals surface area (Å²) in [5, 5.41) is 2.60. The molecule has 0 saturated carbocycles. The van der Waals surface area contributed by atoms with Gasteiger partial charge in [-0.1, -0.05) is 54.1 Å². The number of amides is 2. The minimum atomic E-state index is -4.09. The summed E-state index contributed by atoms with van der Waals surface area (Å²) in [6.07, 6.45) is 0. The second kappa shape index (κ2) is 11.6. The number of anilines is 1. The molecule has 0 fully saturated rings. The zero-order valence-electron chi connectivity index (χ0n) is 22.3. The van der Waals surface area contributed by atoms with Crippen LogP contribution in [0.25, 0.3) is 0 Å². The Hall–Kier alpha value is -3.65. The third-order valence-electron chi connectivity index (χ3n) is 6.54. The molecule has 8 heteroatoms. The molecule has 0 spiro atoms. The van der Waals surface area contributed by atoms with Gasteiger partial charge in [0, 0.05) is 13.6 Å². The molecule has 3 rings (SSSR count). The van der Waals surface area contributed by atoms with Crippen molar-refractivity contribution in [2.45, 2.75) is 52.1 Å². The molecule has 1 atom stereocenters. The summed E-state index contributed by atoms with van der Waals surface area (Å²) >= 11 is 0. The summed E-state index contributed by atoms with van der Waals surface area (Å²) in [4.78, 5) is 28.0. The standard InChI is InChI=1S/C29H35N3O4S/c1-20-12-15-26(16-13-20)37(35,36)32(27-17-21(2)11-14-23(27)4)19-28(33)31(24(5)29(34)30-6)18-25-10-8-7-9-22(25)3/h7-17,24H,18-19H2,1-6H3,(H,30,34)/t24-/m0/s1. The van der Waals surface area contributed by atoms with Gasteiger partial charge in [0.25, 0.3) is 10.0 Å². The van der Waals surface area contributed by atoms with Crippen molar-refractivity contribution in [3.05, 3.63) is 94.5 Å². The Morgan fingerprint density at radius 2 is 1.49 bits per heavy atom. The number of likely N-dealkylation sites (N-methyl/N-ethyl adjacent to an activating group) is 1. The number of rotatable bonds is 9. The Bertz CT molecular complexity index is 1380. The molecule has 0 heterocycles. The van der Waals surface area contributed by atoms with Crippen molar-refractivity contribution in [2.75, 3.05) is 17.9 Å². The van der Waals surface area contributed by atoms with Crippen molar-refractivity contribution in [1.29, 1.82) is 0 Å². The summed E-state index contributed by atoms with van der Waals surface area (Å²) in [5.74, 6) is -0.808. The monoisotopic (exact) mass is 521 g/mol. The lowest BCUT2D eigenvalue weighted by molar-refractivity contribution is -0.139. The average Bonchev–Trinajstić information content (AvgIpc) is 2.87. The van der Waals surface area contributed by atoms with Crippen molar-refractivity contribution in [3.8, 4) is 0 Å². The van der Waals surface area contributed by atoms with Crippen LogP contribution >= 0.6 is 0 Å². The maximum absolute atomic E-state index is 13.9. The van der Waals surface area contributed by atoms with Crippen LogP contribution in [-0.2, 0) is 26.2 Å². The van der Waals surface area contributed by atoms with Crippen LogP contribution in [0.3, 0.4) is 0 Å². The molecule has 0 radical (unpaired) electrons. The lowest BCUT2D eigenvalue weighted by Gasteiger charge is -2.32. The minimum absolute atomic E-state index is 0.0941. The highest BCUT2D eigenvalue weighted by Crippen LogP contribution is 2.29. The van der Waals surface area contributed by atoms with E-state index >= 15 is 0 Å². The molecule has 0 aliphatic heterocycles. The van der Waals surface area contributed by atoms with Gasteiger partial charge < -0.3 is 10.2 Å². The van der Waals surface area contributed by atoms with Gasteiger partial charge >= 0.3 is 0 Å². The molecule has 0 saturated heterocycles. The van der Waals surface area contributed by atoms with Gasteiger partial charge in [-0.25, -0.2) is 8.42 Å². The summed E-state index contributed by atoms with van der Waals surface area (Å²) in [7, 11) is -2.57. The Labute approximate surface area is 220 Å². The Kier molecular flexibility index (Phi) is 8.76. The van der Waals surface area contributed by atoms with Gasteiger partial charge in [-0.15, -0.1) is 0 Å². The fraction of sp³-hybridized carbons (Fsp3) is 0.310. The van der Waals surface area contributed by atoms with Gasteiger partial charge in [-0.3, -0.25) is 13.9 Å². The fourth-order valence-corrected chi connectivity index (χ4v) is 5.57. The van der Waals surface area contributed by atoms with Gasteiger partial charge in [0.15, 0.2) is 0 Å². The zero-order chi connectivity index (χ0) is 27.3. The molecule has 0 bridgehead atoms. The Morgan fingerprint density at radius 1 is 0.865 bits per heavy atom. The van der Waals surface area contributed by atoms with Crippen LogP contribution in [0.2, 0.25) is 0 Å². The van der Waals surface area contributed by atoms with Crippen LogP contribution < -0.4 is 9.62 Å². The van der Waals surface area contributed by atoms with Crippen LogP contribution in [0, 0.1) is 27.7 Å². The van der Waals surface area contributed by atoms with E-state index in [1.54, 1.807) is 37.3 Å². The topological polar surface area (TPSA) is 86.8 Å². The molecule has 37 heavy (non-hydrogen) atoms. The van der Waals surface area contributed by atoms with Crippen LogP contribution in [0.5, 0.6) is 0 Å². The predicted molar refractivity (Wildman–Crippen MR) is 147 cm³/mol. The zero-order valence-corrected chi connectivity index (χ0v) is 23.1. The first-order valence-corrected chi connectivity index (χ1v) is 13.6. The number of nitrogens with one attached hydrogen (secondary N) is 1. The largest absolute Gasteiger partial charge is 0.357 e. The van der Waals surface area contributed by atoms with E-state index < -0.39 is 28.5 Å². The highest BCUT2D eigenvalue weighted by Gasteiger charge is 2.33. The Morgan fingerprint density at radius 3 is 2.11 bits per heavy atom. The second-order valence-electron chi connectivity index (χ2n) is 9.35. The van der Waals surface area contributed by atoms with E-state index in [0.29, 0.717) is 5.69 Å². The van der Waals surface area contributed by atoms with E-state index in [9.17, 15) is 18.0 Å². The number of carbonyl (C=O) groups excluding carboxylic acids is 2. The number of hydrogen-bond acceptors (Lipinski definition) is 4. The normalized spacial score (nSPS) is 12.1. The molecule has 7 nitrogen and oxygen atoms in total. The molecule has 3 aromatic carbocycles. The highest BCUT2D eigenvalue weighted by atomic mass is 32.2. The molecular weight excluding hydrogens is 486 g/mol. The lowest BCUT2D eigenvalue weighted by Crippen LogP contribution is -2.50. The molecule has 1 N–H and O–H groups in total. The number of nitrogens with zero attached hydrogens (tertiary/aromatic N) is 2. The van der Waals surface area contributed by atoms with Crippen LogP contribution in [0.15, 0.2) is 71.6 Å². The summed E-state index contributed by atoms with van der Waals surface area (Å²) in [5.41, 5.74) is 4.80. The van der Waals surface area contributed by atoms with Crippen molar-refractivity contribution in [3.63, 3.8) is 0 Å². The first-order valence-electron chi connectivity index (χ1n) is 12.2. The quantitative estimate of drug-likeness (QED) is 0.455. The van der Waals surface area contributed by atoms with Gasteiger partial charge in [0.05, 0.1) is 10.6 Å². The number of benzene rings is 3. The van der Waals surface area contributed by atoms with E-state index in [0.717, 1.165) is 32.1 Å². The number of carbonyl (C=O) groups is 2. The van der Waals surface area contributed by atoms with Crippen LogP contribution in [0.1, 0.15) is 34.7 Å². The van der Waals surface area contributed by atoms with E-state index in [-0.39, 0.29) is 17.3 Å². The molecule has 0 aromatic heterocycles. The summed E-state index contributed by atoms with van der Waals surface area (Å²) < 4.78 is 29.0. The first-order chi connectivity index (χ1) is 17.4. The van der Waals surface area contributed by atoms with E-state index in [2.05, 4.69) is 5.32 Å². The smallest absolute Gasteiger partial charge is 0.264 e.